The molecule has 0 spiro atoms. The van der Waals surface area contributed by atoms with Crippen LogP contribution in [0.1, 0.15) is 95.4 Å². The maximum absolute atomic E-state index is 2.79. The zero-order valence-electron chi connectivity index (χ0n) is 22.4. The molecule has 0 bridgehead atoms. The zero-order valence-corrected chi connectivity index (χ0v) is 22.4. The fourth-order valence-electron chi connectivity index (χ4n) is 5.57. The molecule has 0 aromatic carbocycles. The van der Waals surface area contributed by atoms with Crippen LogP contribution in [-0.2, 0) is 0 Å². The minimum Gasteiger partial charge on any atom is -0.297 e. The van der Waals surface area contributed by atoms with E-state index in [0.29, 0.717) is 6.04 Å². The molecule has 4 heteroatoms. The van der Waals surface area contributed by atoms with Crippen molar-refractivity contribution in [1.29, 1.82) is 0 Å². The van der Waals surface area contributed by atoms with Crippen LogP contribution in [0.15, 0.2) is 0 Å². The molecule has 2 fully saturated rings. The van der Waals surface area contributed by atoms with Crippen LogP contribution in [0, 0.1) is 0 Å². The van der Waals surface area contributed by atoms with Crippen LogP contribution in [0.5, 0.6) is 0 Å². The molecule has 1 unspecified atom stereocenters. The Labute approximate surface area is 189 Å². The van der Waals surface area contributed by atoms with Crippen LogP contribution >= 0.6 is 0 Å². The van der Waals surface area contributed by atoms with Crippen LogP contribution < -0.4 is 0 Å². The van der Waals surface area contributed by atoms with Gasteiger partial charge in [-0.3, -0.25) is 19.6 Å². The Balaban J connectivity index is 1.94. The van der Waals surface area contributed by atoms with E-state index in [-0.39, 0.29) is 22.2 Å². The third-order valence-electron chi connectivity index (χ3n) is 8.00. The number of hydrogen-bond acceptors (Lipinski definition) is 4. The Morgan fingerprint density at radius 3 is 1.57 bits per heavy atom. The summed E-state index contributed by atoms with van der Waals surface area (Å²) in [4.78, 5) is 10.9. The first kappa shape index (κ1) is 26.1. The third-order valence-corrected chi connectivity index (χ3v) is 8.00. The summed E-state index contributed by atoms with van der Waals surface area (Å²) in [7, 11) is 0. The maximum Gasteiger partial charge on any atom is 0.0200 e. The van der Waals surface area contributed by atoms with Crippen molar-refractivity contribution in [2.24, 2.45) is 0 Å². The van der Waals surface area contributed by atoms with Gasteiger partial charge < -0.3 is 0 Å². The van der Waals surface area contributed by atoms with E-state index in [1.54, 1.807) is 0 Å². The van der Waals surface area contributed by atoms with Gasteiger partial charge in [-0.1, -0.05) is 0 Å². The minimum atomic E-state index is 0.254. The van der Waals surface area contributed by atoms with E-state index in [1.165, 1.54) is 65.1 Å². The molecule has 2 saturated heterocycles. The summed E-state index contributed by atoms with van der Waals surface area (Å²) in [6, 6.07) is 0.620. The molecule has 2 rings (SSSR count). The van der Waals surface area contributed by atoms with E-state index in [2.05, 4.69) is 95.8 Å². The van der Waals surface area contributed by atoms with Crippen molar-refractivity contribution >= 4 is 0 Å². The molecule has 0 saturated carbocycles. The molecule has 0 aliphatic carbocycles. The predicted molar refractivity (Wildman–Crippen MR) is 132 cm³/mol. The molecule has 0 aromatic rings. The third kappa shape index (κ3) is 6.67. The summed E-state index contributed by atoms with van der Waals surface area (Å²) in [6.07, 6.45) is 3.82. The van der Waals surface area contributed by atoms with Crippen LogP contribution in [0.25, 0.3) is 0 Å². The fourth-order valence-corrected chi connectivity index (χ4v) is 5.57. The van der Waals surface area contributed by atoms with Gasteiger partial charge in [-0.25, -0.2) is 0 Å². The largest absolute Gasteiger partial charge is 0.297 e. The van der Waals surface area contributed by atoms with Crippen LogP contribution in [-0.4, -0.2) is 93.6 Å². The lowest BCUT2D eigenvalue weighted by Crippen LogP contribution is -2.62. The summed E-state index contributed by atoms with van der Waals surface area (Å²) >= 11 is 0. The van der Waals surface area contributed by atoms with Gasteiger partial charge >= 0.3 is 0 Å². The van der Waals surface area contributed by atoms with Gasteiger partial charge in [0, 0.05) is 60.9 Å². The zero-order chi connectivity index (χ0) is 23.0. The number of piperazine rings is 1. The number of nitrogens with zero attached hydrogens (tertiary/aromatic N) is 4. The van der Waals surface area contributed by atoms with Crippen LogP contribution in [0.2, 0.25) is 0 Å². The second-order valence-electron chi connectivity index (χ2n) is 13.3. The smallest absolute Gasteiger partial charge is 0.0200 e. The Bertz CT molecular complexity index is 540. The molecule has 1 atom stereocenters. The van der Waals surface area contributed by atoms with Crippen molar-refractivity contribution in [3.8, 4) is 0 Å². The number of hydrogen-bond donors (Lipinski definition) is 0. The highest BCUT2D eigenvalue weighted by molar-refractivity contribution is 4.95. The van der Waals surface area contributed by atoms with Gasteiger partial charge in [0.05, 0.1) is 0 Å². The molecule has 0 N–H and O–H groups in total. The average Bonchev–Trinajstić information content (AvgIpc) is 2.86. The lowest BCUT2D eigenvalue weighted by Gasteiger charge is -2.52. The summed E-state index contributed by atoms with van der Waals surface area (Å²) < 4.78 is 0. The summed E-state index contributed by atoms with van der Waals surface area (Å²) in [5, 5.41) is 0. The summed E-state index contributed by atoms with van der Waals surface area (Å²) in [5.41, 5.74) is 1.08. The Hall–Kier alpha value is -0.160. The van der Waals surface area contributed by atoms with Gasteiger partial charge in [0.2, 0.25) is 0 Å². The second kappa shape index (κ2) is 9.37. The van der Waals surface area contributed by atoms with Crippen molar-refractivity contribution < 1.29 is 0 Å². The van der Waals surface area contributed by atoms with Gasteiger partial charge in [-0.15, -0.1) is 0 Å². The van der Waals surface area contributed by atoms with Crippen molar-refractivity contribution in [2.75, 3.05) is 45.8 Å². The minimum absolute atomic E-state index is 0.254. The van der Waals surface area contributed by atoms with Crippen molar-refractivity contribution in [1.82, 2.24) is 19.6 Å². The first-order valence-electron chi connectivity index (χ1n) is 12.6. The summed E-state index contributed by atoms with van der Waals surface area (Å²) in [5.74, 6) is 0. The normalized spacial score (nSPS) is 25.5. The molecule has 2 heterocycles. The molecule has 30 heavy (non-hydrogen) atoms. The standard InChI is InChI=1S/C26H54N4/c1-22-21-29(24(5,6)7)19-20-30(22)26(10,11)14-13-25(8,9)28-16-12-15-27(17-18-28)23(2,3)4/h22H,12-21H2,1-11H3. The van der Waals surface area contributed by atoms with E-state index >= 15 is 0 Å². The monoisotopic (exact) mass is 422 g/mol. The first-order valence-corrected chi connectivity index (χ1v) is 12.6. The Morgan fingerprint density at radius 2 is 1.03 bits per heavy atom. The van der Waals surface area contributed by atoms with Gasteiger partial charge in [0.25, 0.3) is 0 Å². The lowest BCUT2D eigenvalue weighted by atomic mass is 9.85. The first-order chi connectivity index (χ1) is 13.5. The van der Waals surface area contributed by atoms with Crippen molar-refractivity contribution in [3.63, 3.8) is 0 Å². The van der Waals surface area contributed by atoms with Crippen molar-refractivity contribution in [3.05, 3.63) is 0 Å². The lowest BCUT2D eigenvalue weighted by molar-refractivity contribution is -0.0301. The van der Waals surface area contributed by atoms with E-state index in [0.717, 1.165) is 0 Å². The summed E-state index contributed by atoms with van der Waals surface area (Å²) in [6.45, 7) is 34.9. The van der Waals surface area contributed by atoms with E-state index in [1.807, 2.05) is 0 Å². The molecule has 4 nitrogen and oxygen atoms in total. The molecule has 2 aliphatic heterocycles. The van der Waals surface area contributed by atoms with E-state index < -0.39 is 0 Å². The quantitative estimate of drug-likeness (QED) is 0.622. The van der Waals surface area contributed by atoms with Gasteiger partial charge in [-0.05, 0) is 109 Å². The highest BCUT2D eigenvalue weighted by atomic mass is 15.3. The Morgan fingerprint density at radius 1 is 0.567 bits per heavy atom. The van der Waals surface area contributed by atoms with E-state index in [4.69, 9.17) is 0 Å². The topological polar surface area (TPSA) is 13.0 Å². The maximum atomic E-state index is 2.79. The molecule has 0 radical (unpaired) electrons. The number of rotatable bonds is 5. The predicted octanol–water partition coefficient (Wildman–Crippen LogP) is 4.93. The molecule has 2 aliphatic rings. The molecular weight excluding hydrogens is 368 g/mol. The highest BCUT2D eigenvalue weighted by Gasteiger charge is 2.39. The molecular formula is C26H54N4. The van der Waals surface area contributed by atoms with Crippen LogP contribution in [0.3, 0.4) is 0 Å². The second-order valence-corrected chi connectivity index (χ2v) is 13.3. The fraction of sp³-hybridized carbons (Fsp3) is 1.00. The molecule has 0 aromatic heterocycles. The van der Waals surface area contributed by atoms with Gasteiger partial charge in [0.15, 0.2) is 0 Å². The van der Waals surface area contributed by atoms with Gasteiger partial charge in [0.1, 0.15) is 0 Å². The Kier molecular flexibility index (Phi) is 8.15. The molecule has 0 amide bonds. The van der Waals surface area contributed by atoms with Crippen LogP contribution in [0.4, 0.5) is 0 Å². The van der Waals surface area contributed by atoms with Crippen molar-refractivity contribution in [2.45, 2.75) is 124 Å². The highest BCUT2D eigenvalue weighted by Crippen LogP contribution is 2.32. The molecule has 178 valence electrons. The average molecular weight is 423 g/mol. The van der Waals surface area contributed by atoms with Gasteiger partial charge in [-0.2, -0.15) is 0 Å². The van der Waals surface area contributed by atoms with E-state index in [9.17, 15) is 0 Å². The SMILES string of the molecule is CC1CN(C(C)(C)C)CCN1C(C)(C)CCC(C)(C)N1CCCN(C(C)(C)C)CC1.